The SMILES string of the molecule is C=C1C(=O)C[C@@H]2[C@@H](C[C@@]2(C)CO)C(=C)CC[C@H]1OC(=O)[C@H]1CC/C=C(\C)C(=O)C[C@@H]2[C@H]1CC2(C)C. The summed E-state index contributed by atoms with van der Waals surface area (Å²) in [4.78, 5) is 39.4. The summed E-state index contributed by atoms with van der Waals surface area (Å²) in [5, 5.41) is 9.90. The van der Waals surface area contributed by atoms with Crippen LogP contribution < -0.4 is 0 Å². The highest BCUT2D eigenvalue weighted by Crippen LogP contribution is 2.58. The third-order valence-corrected chi connectivity index (χ3v) is 9.97. The molecule has 192 valence electrons. The molecule has 4 aliphatic carbocycles. The molecular formula is C30H42O5. The molecule has 4 aliphatic rings. The first-order valence-electron chi connectivity index (χ1n) is 13.3. The number of hydrogen-bond acceptors (Lipinski definition) is 5. The number of allylic oxidation sites excluding steroid dienone is 3. The lowest BCUT2D eigenvalue weighted by atomic mass is 9.50. The van der Waals surface area contributed by atoms with Crippen LogP contribution in [0.2, 0.25) is 0 Å². The lowest BCUT2D eigenvalue weighted by molar-refractivity contribution is -0.164. The zero-order valence-electron chi connectivity index (χ0n) is 21.9. The lowest BCUT2D eigenvalue weighted by Gasteiger charge is -2.54. The number of hydrogen-bond donors (Lipinski definition) is 1. The van der Waals surface area contributed by atoms with Crippen molar-refractivity contribution in [3.8, 4) is 0 Å². The van der Waals surface area contributed by atoms with Crippen molar-refractivity contribution in [1.29, 1.82) is 0 Å². The fraction of sp³-hybridized carbons (Fsp3) is 0.700. The van der Waals surface area contributed by atoms with Gasteiger partial charge in [-0.05, 0) is 85.5 Å². The average Bonchev–Trinajstić information content (AvgIpc) is 2.87. The molecule has 35 heavy (non-hydrogen) atoms. The largest absolute Gasteiger partial charge is 0.457 e. The Labute approximate surface area is 210 Å². The number of carbonyl (C=O) groups excluding carboxylic acids is 3. The van der Waals surface area contributed by atoms with Gasteiger partial charge in [-0.1, -0.05) is 45.6 Å². The van der Waals surface area contributed by atoms with Crippen LogP contribution in [0.5, 0.6) is 0 Å². The summed E-state index contributed by atoms with van der Waals surface area (Å²) >= 11 is 0. The van der Waals surface area contributed by atoms with Crippen LogP contribution in [0.25, 0.3) is 0 Å². The van der Waals surface area contributed by atoms with Gasteiger partial charge in [0, 0.05) is 25.0 Å². The predicted octanol–water partition coefficient (Wildman–Crippen LogP) is 5.38. The van der Waals surface area contributed by atoms with E-state index in [1.54, 1.807) is 0 Å². The Kier molecular flexibility index (Phi) is 7.04. The van der Waals surface area contributed by atoms with Crippen LogP contribution in [0.3, 0.4) is 0 Å². The van der Waals surface area contributed by atoms with Crippen molar-refractivity contribution in [2.45, 2.75) is 85.2 Å². The number of esters is 1. The molecule has 5 heteroatoms. The summed E-state index contributed by atoms with van der Waals surface area (Å²) < 4.78 is 6.08. The lowest BCUT2D eigenvalue weighted by Crippen LogP contribution is -2.50. The molecular weight excluding hydrogens is 440 g/mol. The van der Waals surface area contributed by atoms with Gasteiger partial charge in [-0.15, -0.1) is 0 Å². The first-order chi connectivity index (χ1) is 16.4. The average molecular weight is 483 g/mol. The van der Waals surface area contributed by atoms with Gasteiger partial charge in [0.05, 0.1) is 5.92 Å². The second-order valence-corrected chi connectivity index (χ2v) is 12.7. The molecule has 0 amide bonds. The summed E-state index contributed by atoms with van der Waals surface area (Å²) in [7, 11) is 0. The highest BCUT2D eigenvalue weighted by atomic mass is 16.5. The Bertz CT molecular complexity index is 971. The van der Waals surface area contributed by atoms with Crippen molar-refractivity contribution in [3.05, 3.63) is 36.0 Å². The monoisotopic (exact) mass is 482 g/mol. The van der Waals surface area contributed by atoms with Crippen LogP contribution in [-0.2, 0) is 19.1 Å². The molecule has 0 bridgehead atoms. The van der Waals surface area contributed by atoms with E-state index >= 15 is 0 Å². The van der Waals surface area contributed by atoms with E-state index in [2.05, 4.69) is 27.0 Å². The van der Waals surface area contributed by atoms with Crippen molar-refractivity contribution < 1.29 is 24.2 Å². The first-order valence-corrected chi connectivity index (χ1v) is 13.3. The molecule has 0 spiro atoms. The van der Waals surface area contributed by atoms with Gasteiger partial charge in [0.1, 0.15) is 6.10 Å². The van der Waals surface area contributed by atoms with Crippen LogP contribution in [0.15, 0.2) is 36.0 Å². The van der Waals surface area contributed by atoms with Crippen molar-refractivity contribution in [1.82, 2.24) is 0 Å². The molecule has 7 atom stereocenters. The van der Waals surface area contributed by atoms with Crippen molar-refractivity contribution >= 4 is 17.5 Å². The molecule has 0 radical (unpaired) electrons. The van der Waals surface area contributed by atoms with Crippen molar-refractivity contribution in [3.63, 3.8) is 0 Å². The number of fused-ring (bicyclic) bond motifs is 2. The molecule has 5 nitrogen and oxygen atoms in total. The number of carbonyl (C=O) groups is 3. The zero-order valence-corrected chi connectivity index (χ0v) is 21.9. The molecule has 3 fully saturated rings. The minimum absolute atomic E-state index is 0.0254. The Hall–Kier alpha value is -2.01. The van der Waals surface area contributed by atoms with Gasteiger partial charge >= 0.3 is 5.97 Å². The van der Waals surface area contributed by atoms with Crippen molar-refractivity contribution in [2.24, 2.45) is 40.4 Å². The number of Topliss-reactive ketones (excluding diaryl/α,β-unsaturated/α-hetero) is 2. The molecule has 0 unspecified atom stereocenters. The second-order valence-electron chi connectivity index (χ2n) is 12.7. The van der Waals surface area contributed by atoms with E-state index < -0.39 is 6.10 Å². The topological polar surface area (TPSA) is 80.7 Å². The number of ether oxygens (including phenoxy) is 1. The predicted molar refractivity (Wildman–Crippen MR) is 135 cm³/mol. The molecule has 0 aromatic heterocycles. The summed E-state index contributed by atoms with van der Waals surface area (Å²) in [6, 6.07) is 0. The van der Waals surface area contributed by atoms with E-state index in [0.717, 1.165) is 24.0 Å². The first kappa shape index (κ1) is 26.1. The van der Waals surface area contributed by atoms with Crippen LogP contribution in [0, 0.1) is 40.4 Å². The molecule has 0 heterocycles. The van der Waals surface area contributed by atoms with E-state index in [-0.39, 0.29) is 64.6 Å². The summed E-state index contributed by atoms with van der Waals surface area (Å²) in [6.45, 7) is 16.7. The van der Waals surface area contributed by atoms with Crippen LogP contribution in [0.4, 0.5) is 0 Å². The molecule has 3 saturated carbocycles. The fourth-order valence-electron chi connectivity index (χ4n) is 7.30. The summed E-state index contributed by atoms with van der Waals surface area (Å²) in [5.74, 6) is 0.117. The van der Waals surface area contributed by atoms with Gasteiger partial charge in [-0.3, -0.25) is 14.4 Å². The standard InChI is InChI=1S/C30H42O5/c1-17-10-11-27(19(3)26(33)13-24-21(17)15-30(24,6)16-31)35-28(34)20-9-7-8-18(2)25(32)12-23-22(20)14-29(23,4)5/h8,20-24,27,31H,1,3,7,9-16H2,2,4-6H3/b18-8+/t20-,21-,22-,23+,24+,27+,30-/m0/s1. The Morgan fingerprint density at radius 2 is 1.77 bits per heavy atom. The highest BCUT2D eigenvalue weighted by molar-refractivity contribution is 5.96. The van der Waals surface area contributed by atoms with Gasteiger partial charge in [0.2, 0.25) is 0 Å². The minimum atomic E-state index is -0.650. The zero-order chi connectivity index (χ0) is 25.7. The third kappa shape index (κ3) is 4.73. The quantitative estimate of drug-likeness (QED) is 0.332. The number of aliphatic hydroxyl groups is 1. The molecule has 4 rings (SSSR count). The van der Waals surface area contributed by atoms with Crippen LogP contribution >= 0.6 is 0 Å². The maximum absolute atomic E-state index is 13.6. The van der Waals surface area contributed by atoms with Crippen molar-refractivity contribution in [2.75, 3.05) is 6.61 Å². The Morgan fingerprint density at radius 1 is 1.09 bits per heavy atom. The highest BCUT2D eigenvalue weighted by Gasteiger charge is 2.54. The Morgan fingerprint density at radius 3 is 2.43 bits per heavy atom. The van der Waals surface area contributed by atoms with E-state index in [4.69, 9.17) is 4.74 Å². The van der Waals surface area contributed by atoms with E-state index in [0.29, 0.717) is 44.1 Å². The molecule has 0 aromatic carbocycles. The summed E-state index contributed by atoms with van der Waals surface area (Å²) in [5.41, 5.74) is 1.98. The van der Waals surface area contributed by atoms with Crippen LogP contribution in [0.1, 0.15) is 79.1 Å². The van der Waals surface area contributed by atoms with Gasteiger partial charge in [-0.2, -0.15) is 0 Å². The number of ketones is 2. The third-order valence-electron chi connectivity index (χ3n) is 9.97. The molecule has 0 saturated heterocycles. The van der Waals surface area contributed by atoms with E-state index in [1.807, 2.05) is 19.9 Å². The number of aliphatic hydroxyl groups excluding tert-OH is 1. The van der Waals surface area contributed by atoms with E-state index in [1.165, 1.54) is 0 Å². The van der Waals surface area contributed by atoms with Gasteiger partial charge in [0.15, 0.2) is 11.6 Å². The normalized spacial score (nSPS) is 41.1. The second kappa shape index (κ2) is 9.46. The maximum atomic E-state index is 13.6. The van der Waals surface area contributed by atoms with Crippen LogP contribution in [-0.4, -0.2) is 35.4 Å². The fourth-order valence-corrected chi connectivity index (χ4v) is 7.30. The maximum Gasteiger partial charge on any atom is 0.309 e. The molecule has 0 aliphatic heterocycles. The Balaban J connectivity index is 1.51. The molecule has 0 aromatic rings. The van der Waals surface area contributed by atoms with E-state index in [9.17, 15) is 19.5 Å². The van der Waals surface area contributed by atoms with Gasteiger partial charge < -0.3 is 9.84 Å². The smallest absolute Gasteiger partial charge is 0.309 e. The summed E-state index contributed by atoms with van der Waals surface area (Å²) in [6.07, 6.45) is 6.34. The molecule has 1 N–H and O–H groups in total. The van der Waals surface area contributed by atoms with Gasteiger partial charge in [-0.25, -0.2) is 0 Å². The minimum Gasteiger partial charge on any atom is -0.457 e. The number of rotatable bonds is 3. The van der Waals surface area contributed by atoms with Gasteiger partial charge in [0.25, 0.3) is 0 Å².